The number of aromatic nitrogens is 2. The molecule has 0 saturated heterocycles. The number of nitrogens with zero attached hydrogens (tertiary/aromatic N) is 2. The molecule has 0 radical (unpaired) electrons. The number of imidazole rings is 1. The molecule has 0 N–H and O–H groups in total. The molecule has 4 heteroatoms. The molecule has 0 atom stereocenters. The molecule has 176 valence electrons. The molecule has 1 aliphatic rings. The van der Waals surface area contributed by atoms with Crippen molar-refractivity contribution < 1.29 is 14.2 Å². The molecule has 0 unspecified atom stereocenters. The van der Waals surface area contributed by atoms with Crippen molar-refractivity contribution in [2.45, 2.75) is 13.1 Å². The Morgan fingerprint density at radius 3 is 1.78 bits per heavy atom. The van der Waals surface area contributed by atoms with Crippen LogP contribution in [0.3, 0.4) is 0 Å². The van der Waals surface area contributed by atoms with E-state index in [4.69, 9.17) is 0 Å². The summed E-state index contributed by atoms with van der Waals surface area (Å²) in [5.74, 6) is -0.216. The summed E-state index contributed by atoms with van der Waals surface area (Å²) < 4.78 is 3.88. The minimum absolute atomic E-state index is 0.108. The molecule has 1 aliphatic carbocycles. The van der Waals surface area contributed by atoms with E-state index in [9.17, 15) is 9.59 Å². The third-order valence-corrected chi connectivity index (χ3v) is 7.26. The summed E-state index contributed by atoms with van der Waals surface area (Å²) in [5.41, 5.74) is 4.00. The molecular weight excluding hydrogens is 456 g/mol. The first-order valence-corrected chi connectivity index (χ1v) is 12.4. The van der Waals surface area contributed by atoms with Gasteiger partial charge in [0.15, 0.2) is 0 Å². The Morgan fingerprint density at radius 2 is 1.11 bits per heavy atom. The van der Waals surface area contributed by atoms with Gasteiger partial charge in [-0.15, -0.1) is 0 Å². The summed E-state index contributed by atoms with van der Waals surface area (Å²) in [6.07, 6.45) is 1.93. The topological polar surface area (TPSA) is 43.0 Å². The number of rotatable bonds is 4. The van der Waals surface area contributed by atoms with Crippen LogP contribution in [0.1, 0.15) is 43.2 Å². The van der Waals surface area contributed by atoms with E-state index in [1.165, 1.54) is 10.8 Å². The first-order valence-electron chi connectivity index (χ1n) is 12.4. The van der Waals surface area contributed by atoms with Crippen LogP contribution in [0.2, 0.25) is 0 Å². The maximum absolute atomic E-state index is 13.7. The van der Waals surface area contributed by atoms with E-state index in [0.717, 1.165) is 21.9 Å². The Bertz CT molecular complexity index is 1740. The normalized spacial score (nSPS) is 12.6. The van der Waals surface area contributed by atoms with Crippen LogP contribution in [0.5, 0.6) is 0 Å². The van der Waals surface area contributed by atoms with Crippen molar-refractivity contribution in [2.24, 2.45) is 0 Å². The Labute approximate surface area is 214 Å². The fourth-order valence-corrected chi connectivity index (χ4v) is 5.47. The summed E-state index contributed by atoms with van der Waals surface area (Å²) in [5, 5.41) is 4.65. The SMILES string of the molecule is O=C1c2ccccc2C(=O)c2c1n(Cc1ccc3ccccc3c1)c[n+]2Cc1ccc2ccccc2c1. The maximum Gasteiger partial charge on any atom is 0.245 e. The molecule has 0 fully saturated rings. The van der Waals surface area contributed by atoms with E-state index in [1.54, 1.807) is 12.1 Å². The molecule has 5 aromatic carbocycles. The van der Waals surface area contributed by atoms with Gasteiger partial charge < -0.3 is 0 Å². The minimum Gasteiger partial charge on any atom is -0.284 e. The first kappa shape index (κ1) is 21.5. The minimum atomic E-state index is -0.108. The third kappa shape index (κ3) is 3.57. The van der Waals surface area contributed by atoms with E-state index >= 15 is 0 Å². The fraction of sp³-hybridized carbons (Fsp3) is 0.0606. The quantitative estimate of drug-likeness (QED) is 0.293. The monoisotopic (exact) mass is 479 g/mol. The third-order valence-electron chi connectivity index (χ3n) is 7.26. The van der Waals surface area contributed by atoms with Crippen molar-refractivity contribution in [1.29, 1.82) is 0 Å². The first-order chi connectivity index (χ1) is 18.2. The number of carbonyl (C=O) groups excluding carboxylic acids is 2. The van der Waals surface area contributed by atoms with E-state index in [2.05, 4.69) is 60.7 Å². The zero-order chi connectivity index (χ0) is 24.9. The van der Waals surface area contributed by atoms with E-state index in [1.807, 2.05) is 51.9 Å². The van der Waals surface area contributed by atoms with Crippen LogP contribution in [0, 0.1) is 0 Å². The fourth-order valence-electron chi connectivity index (χ4n) is 5.47. The predicted molar refractivity (Wildman–Crippen MR) is 144 cm³/mol. The highest BCUT2D eigenvalue weighted by Gasteiger charge is 2.41. The second-order valence-corrected chi connectivity index (χ2v) is 9.64. The van der Waals surface area contributed by atoms with Crippen molar-refractivity contribution in [1.82, 2.24) is 4.57 Å². The summed E-state index contributed by atoms with van der Waals surface area (Å²) in [6, 6.07) is 36.3. The molecule has 37 heavy (non-hydrogen) atoms. The van der Waals surface area contributed by atoms with Gasteiger partial charge in [-0.1, -0.05) is 97.1 Å². The van der Waals surface area contributed by atoms with Crippen LogP contribution < -0.4 is 4.57 Å². The number of ketones is 2. The van der Waals surface area contributed by atoms with Gasteiger partial charge in [0.25, 0.3) is 0 Å². The lowest BCUT2D eigenvalue weighted by atomic mass is 9.89. The van der Waals surface area contributed by atoms with Gasteiger partial charge in [0, 0.05) is 11.1 Å². The van der Waals surface area contributed by atoms with Crippen LogP contribution >= 0.6 is 0 Å². The lowest BCUT2D eigenvalue weighted by Gasteiger charge is -2.13. The van der Waals surface area contributed by atoms with Gasteiger partial charge in [-0.25, -0.2) is 9.13 Å². The van der Waals surface area contributed by atoms with Crippen molar-refractivity contribution in [3.8, 4) is 0 Å². The smallest absolute Gasteiger partial charge is 0.245 e. The van der Waals surface area contributed by atoms with E-state index < -0.39 is 0 Å². The number of hydrogen-bond acceptors (Lipinski definition) is 2. The van der Waals surface area contributed by atoms with Crippen molar-refractivity contribution in [3.63, 3.8) is 0 Å². The van der Waals surface area contributed by atoms with Crippen LogP contribution in [0.25, 0.3) is 21.5 Å². The van der Waals surface area contributed by atoms with Gasteiger partial charge in [-0.2, -0.15) is 0 Å². The molecule has 0 bridgehead atoms. The number of hydrogen-bond donors (Lipinski definition) is 0. The second kappa shape index (κ2) is 8.38. The van der Waals surface area contributed by atoms with Gasteiger partial charge in [0.05, 0.1) is 0 Å². The summed E-state index contributed by atoms with van der Waals surface area (Å²) in [7, 11) is 0. The Balaban J connectivity index is 1.36. The van der Waals surface area contributed by atoms with Crippen molar-refractivity contribution >= 4 is 33.1 Å². The van der Waals surface area contributed by atoms with Gasteiger partial charge in [0.1, 0.15) is 13.1 Å². The molecule has 0 aliphatic heterocycles. The summed E-state index contributed by atoms with van der Waals surface area (Å²) in [6.45, 7) is 0.998. The maximum atomic E-state index is 13.7. The van der Waals surface area contributed by atoms with E-state index in [0.29, 0.717) is 35.6 Å². The molecule has 0 spiro atoms. The molecule has 1 aromatic heterocycles. The summed E-state index contributed by atoms with van der Waals surface area (Å²) >= 11 is 0. The van der Waals surface area contributed by atoms with Gasteiger partial charge in [-0.05, 0) is 44.8 Å². The molecular formula is C33H23N2O2+. The van der Waals surface area contributed by atoms with Crippen molar-refractivity contribution in [3.05, 3.63) is 149 Å². The van der Waals surface area contributed by atoms with Crippen molar-refractivity contribution in [2.75, 3.05) is 0 Å². The van der Waals surface area contributed by atoms with Crippen LogP contribution in [-0.4, -0.2) is 16.1 Å². The van der Waals surface area contributed by atoms with Gasteiger partial charge in [0.2, 0.25) is 29.3 Å². The lowest BCUT2D eigenvalue weighted by Crippen LogP contribution is -2.41. The number of fused-ring (bicyclic) bond motifs is 4. The molecule has 4 nitrogen and oxygen atoms in total. The van der Waals surface area contributed by atoms with Crippen LogP contribution in [0.15, 0.2) is 116 Å². The Morgan fingerprint density at radius 1 is 0.568 bits per heavy atom. The van der Waals surface area contributed by atoms with Crippen LogP contribution in [0.4, 0.5) is 0 Å². The zero-order valence-corrected chi connectivity index (χ0v) is 20.1. The molecule has 0 amide bonds. The molecule has 1 heterocycles. The Hall–Kier alpha value is -4.83. The lowest BCUT2D eigenvalue weighted by molar-refractivity contribution is -0.689. The predicted octanol–water partition coefficient (Wildman–Crippen LogP) is 5.95. The number of carbonyl (C=O) groups is 2. The molecule has 6 aromatic rings. The highest BCUT2D eigenvalue weighted by atomic mass is 16.1. The average Bonchev–Trinajstić information content (AvgIpc) is 3.29. The highest BCUT2D eigenvalue weighted by molar-refractivity contribution is 6.26. The molecule has 0 saturated carbocycles. The largest absolute Gasteiger partial charge is 0.284 e. The van der Waals surface area contributed by atoms with Gasteiger partial charge >= 0.3 is 0 Å². The highest BCUT2D eigenvalue weighted by Crippen LogP contribution is 2.27. The average molecular weight is 480 g/mol. The summed E-state index contributed by atoms with van der Waals surface area (Å²) in [4.78, 5) is 27.5. The number of benzene rings is 5. The van der Waals surface area contributed by atoms with Crippen LogP contribution in [-0.2, 0) is 13.1 Å². The van der Waals surface area contributed by atoms with E-state index in [-0.39, 0.29) is 11.6 Å². The zero-order valence-electron chi connectivity index (χ0n) is 20.1. The second-order valence-electron chi connectivity index (χ2n) is 9.64. The van der Waals surface area contributed by atoms with Gasteiger partial charge in [-0.3, -0.25) is 9.59 Å². The standard InChI is InChI=1S/C33H23N2O2/c36-32-28-11-5-6-12-29(28)33(37)31-30(32)34(19-22-13-15-24-7-1-3-9-26(24)17-22)21-35(31)20-23-14-16-25-8-2-4-10-27(25)18-23/h1-18,21H,19-20H2/q+1. The molecule has 7 rings (SSSR count). The Kier molecular flexibility index (Phi) is 4.86.